The van der Waals surface area contributed by atoms with Crippen LogP contribution in [-0.4, -0.2) is 9.78 Å². The average molecular weight is 391 g/mol. The number of rotatable bonds is 3. The van der Waals surface area contributed by atoms with Crippen molar-refractivity contribution in [2.45, 2.75) is 65.6 Å². The molecule has 28 heavy (non-hydrogen) atoms. The summed E-state index contributed by atoms with van der Waals surface area (Å²) in [6, 6.07) is 15.1. The molecular formula is C25H31N2P. The first-order chi connectivity index (χ1) is 13.4. The van der Waals surface area contributed by atoms with Gasteiger partial charge in [0.2, 0.25) is 0 Å². The average Bonchev–Trinajstić information content (AvgIpc) is 2.92. The number of aryl methyl sites for hydroxylation is 4. The summed E-state index contributed by atoms with van der Waals surface area (Å²) in [5.41, 5.74) is 7.58. The Hall–Kier alpha value is -1.92. The van der Waals surface area contributed by atoms with Gasteiger partial charge in [-0.2, -0.15) is 0 Å². The van der Waals surface area contributed by atoms with Gasteiger partial charge in [0, 0.05) is 0 Å². The van der Waals surface area contributed by atoms with Gasteiger partial charge in [0.15, 0.2) is 0 Å². The Morgan fingerprint density at radius 3 is 1.75 bits per heavy atom. The Bertz CT molecular complexity index is 982. The fraction of sp³-hybridized carbons (Fsp3) is 0.400. The molecule has 1 fully saturated rings. The van der Waals surface area contributed by atoms with Crippen molar-refractivity contribution in [2.24, 2.45) is 0 Å². The van der Waals surface area contributed by atoms with Gasteiger partial charge in [-0.1, -0.05) is 0 Å². The second-order valence-electron chi connectivity index (χ2n) is 9.26. The maximum atomic E-state index is 4.94. The van der Waals surface area contributed by atoms with Crippen LogP contribution in [0.25, 0.3) is 0 Å². The van der Waals surface area contributed by atoms with E-state index in [1.807, 2.05) is 0 Å². The van der Waals surface area contributed by atoms with Gasteiger partial charge >= 0.3 is 169 Å². The Labute approximate surface area is 169 Å². The third-order valence-corrected chi connectivity index (χ3v) is 12.3. The molecule has 1 aromatic heterocycles. The molecule has 2 heterocycles. The first kappa shape index (κ1) is 18.1. The third-order valence-electron chi connectivity index (χ3n) is 7.09. The molecule has 3 aromatic rings. The van der Waals surface area contributed by atoms with Crippen molar-refractivity contribution >= 4 is 23.2 Å². The topological polar surface area (TPSA) is 17.8 Å². The predicted octanol–water partition coefficient (Wildman–Crippen LogP) is 4.94. The number of nitrogens with zero attached hydrogens (tertiary/aromatic N) is 2. The first-order valence-electron chi connectivity index (χ1n) is 10.7. The van der Waals surface area contributed by atoms with Gasteiger partial charge in [0.05, 0.1) is 0 Å². The van der Waals surface area contributed by atoms with E-state index in [4.69, 9.17) is 5.10 Å². The standard InChI is InChI=1S/C25H31N2P/c1-16-9-17(2)12-22(11-16)28(23-13-18(3)10-19(4)14-23)20(5)25-24(28)15-26-27(25)21-7-6-8-21/h9-15,20-21,28H,6-8H2,1-5H3. The molecule has 3 heteroatoms. The van der Waals surface area contributed by atoms with E-state index in [0.29, 0.717) is 11.7 Å². The van der Waals surface area contributed by atoms with Gasteiger partial charge in [-0.25, -0.2) is 0 Å². The number of aromatic nitrogens is 2. The molecule has 2 aliphatic rings. The molecule has 0 saturated heterocycles. The fourth-order valence-corrected chi connectivity index (χ4v) is 11.5. The van der Waals surface area contributed by atoms with Crippen LogP contribution < -0.4 is 15.9 Å². The summed E-state index contributed by atoms with van der Waals surface area (Å²) in [6.07, 6.45) is 6.17. The monoisotopic (exact) mass is 390 g/mol. The third kappa shape index (κ3) is 2.40. The number of benzene rings is 2. The SMILES string of the molecule is Cc1cc(C)cc([PH]2(c3cc(C)cc(C)c3)c3cnn(C4CCC4)c3C2C)c1. The maximum absolute atomic E-state index is 4.94. The van der Waals surface area contributed by atoms with Crippen molar-refractivity contribution in [3.05, 3.63) is 70.5 Å². The molecule has 1 atom stereocenters. The van der Waals surface area contributed by atoms with Gasteiger partial charge in [-0.15, -0.1) is 0 Å². The number of hydrogen-bond donors (Lipinski definition) is 0. The van der Waals surface area contributed by atoms with Crippen molar-refractivity contribution in [1.29, 1.82) is 0 Å². The van der Waals surface area contributed by atoms with Crippen molar-refractivity contribution in [2.75, 3.05) is 0 Å². The van der Waals surface area contributed by atoms with E-state index < -0.39 is 7.26 Å². The van der Waals surface area contributed by atoms with Gasteiger partial charge < -0.3 is 0 Å². The molecule has 5 rings (SSSR count). The van der Waals surface area contributed by atoms with Crippen LogP contribution >= 0.6 is 7.26 Å². The zero-order valence-corrected chi connectivity index (χ0v) is 18.7. The Balaban J connectivity index is 1.78. The molecule has 1 unspecified atom stereocenters. The van der Waals surface area contributed by atoms with Crippen molar-refractivity contribution in [3.8, 4) is 0 Å². The summed E-state index contributed by atoms with van der Waals surface area (Å²) in [5, 5.41) is 9.61. The van der Waals surface area contributed by atoms with E-state index in [1.54, 1.807) is 15.9 Å². The van der Waals surface area contributed by atoms with Gasteiger partial charge in [-0.05, 0) is 0 Å². The van der Waals surface area contributed by atoms with Crippen LogP contribution in [0.5, 0.6) is 0 Å². The van der Waals surface area contributed by atoms with Crippen molar-refractivity contribution < 1.29 is 0 Å². The van der Waals surface area contributed by atoms with Gasteiger partial charge in [0.25, 0.3) is 0 Å². The Kier molecular flexibility index (Phi) is 4.07. The molecule has 0 amide bonds. The van der Waals surface area contributed by atoms with Crippen LogP contribution in [0.2, 0.25) is 0 Å². The molecule has 2 nitrogen and oxygen atoms in total. The molecular weight excluding hydrogens is 359 g/mol. The zero-order chi connectivity index (χ0) is 19.6. The molecule has 1 aliphatic carbocycles. The van der Waals surface area contributed by atoms with Crippen LogP contribution in [0.15, 0.2) is 42.6 Å². The zero-order valence-electron chi connectivity index (χ0n) is 17.7. The number of fused-ring (bicyclic) bond motifs is 1. The predicted molar refractivity (Wildman–Crippen MR) is 123 cm³/mol. The second kappa shape index (κ2) is 6.29. The van der Waals surface area contributed by atoms with Gasteiger partial charge in [0.1, 0.15) is 0 Å². The van der Waals surface area contributed by atoms with Crippen LogP contribution in [-0.2, 0) is 0 Å². The van der Waals surface area contributed by atoms with Gasteiger partial charge in [-0.3, -0.25) is 0 Å². The van der Waals surface area contributed by atoms with E-state index in [-0.39, 0.29) is 0 Å². The second-order valence-corrected chi connectivity index (χ2v) is 13.4. The molecule has 1 aliphatic heterocycles. The van der Waals surface area contributed by atoms with Crippen LogP contribution in [0.4, 0.5) is 0 Å². The Morgan fingerprint density at radius 1 is 0.821 bits per heavy atom. The molecule has 1 saturated carbocycles. The fourth-order valence-electron chi connectivity index (χ4n) is 5.77. The Morgan fingerprint density at radius 2 is 1.32 bits per heavy atom. The van der Waals surface area contributed by atoms with Crippen LogP contribution in [0.1, 0.15) is 65.8 Å². The summed E-state index contributed by atoms with van der Waals surface area (Å²) in [5.74, 6) is 0. The van der Waals surface area contributed by atoms with E-state index in [0.717, 1.165) is 0 Å². The number of hydrogen-bond acceptors (Lipinski definition) is 1. The summed E-state index contributed by atoms with van der Waals surface area (Å²) >= 11 is 0. The normalized spacial score (nSPS) is 21.5. The van der Waals surface area contributed by atoms with Crippen molar-refractivity contribution in [3.63, 3.8) is 0 Å². The van der Waals surface area contributed by atoms with E-state index >= 15 is 0 Å². The first-order valence-corrected chi connectivity index (χ1v) is 12.7. The summed E-state index contributed by atoms with van der Waals surface area (Å²) < 4.78 is 2.39. The molecule has 146 valence electrons. The minimum absolute atomic E-state index is 0.563. The molecule has 2 aromatic carbocycles. The summed E-state index contributed by atoms with van der Waals surface area (Å²) in [6.45, 7) is 11.4. The minimum atomic E-state index is -2.04. The van der Waals surface area contributed by atoms with Crippen LogP contribution in [0.3, 0.4) is 0 Å². The molecule has 0 bridgehead atoms. The van der Waals surface area contributed by atoms with Crippen molar-refractivity contribution in [1.82, 2.24) is 9.78 Å². The molecule has 0 spiro atoms. The molecule has 0 N–H and O–H groups in total. The summed E-state index contributed by atoms with van der Waals surface area (Å²) in [4.78, 5) is 0. The summed E-state index contributed by atoms with van der Waals surface area (Å²) in [7, 11) is -2.04. The van der Waals surface area contributed by atoms with E-state index in [2.05, 4.69) is 81.9 Å². The van der Waals surface area contributed by atoms with E-state index in [9.17, 15) is 0 Å². The van der Waals surface area contributed by atoms with E-state index in [1.165, 1.54) is 47.2 Å². The quantitative estimate of drug-likeness (QED) is 0.579. The molecule has 0 radical (unpaired) electrons. The van der Waals surface area contributed by atoms with Crippen LogP contribution in [0, 0.1) is 27.7 Å².